The van der Waals surface area contributed by atoms with Crippen molar-refractivity contribution >= 4 is 39.2 Å². The van der Waals surface area contributed by atoms with E-state index in [4.69, 9.17) is 5.73 Å². The van der Waals surface area contributed by atoms with Crippen LogP contribution in [0.15, 0.2) is 46.7 Å². The molecule has 0 unspecified atom stereocenters. The molecule has 0 fully saturated rings. The number of carbonyl (C=O) groups excluding carboxylic acids is 2. The summed E-state index contributed by atoms with van der Waals surface area (Å²) in [7, 11) is 0. The zero-order chi connectivity index (χ0) is 20.4. The second-order valence-corrected chi connectivity index (χ2v) is 7.00. The fourth-order valence-corrected chi connectivity index (χ4v) is 3.44. The number of H-pyrrole nitrogens is 1. The van der Waals surface area contributed by atoms with Crippen molar-refractivity contribution in [3.63, 3.8) is 0 Å². The average molecular weight is 409 g/mol. The third-order valence-corrected chi connectivity index (χ3v) is 4.93. The number of thiazole rings is 1. The Hall–Kier alpha value is -3.86. The molecule has 0 radical (unpaired) electrons. The average Bonchev–Trinajstić information content (AvgIpc) is 3.37. The number of primary amides is 1. The van der Waals surface area contributed by atoms with Gasteiger partial charge in [-0.2, -0.15) is 0 Å². The second-order valence-electron chi connectivity index (χ2n) is 6.14. The Bertz CT molecular complexity index is 1270. The minimum Gasteiger partial charge on any atom is -0.364 e. The minimum absolute atomic E-state index is 0.0395. The SMILES string of the molecule is NC(=O)c1cc(-c2csc(NC(=O)CCn3nnc4ccccc4c3=O)n2)c[nH]1. The first kappa shape index (κ1) is 18.5. The highest BCUT2D eigenvalue weighted by Gasteiger charge is 2.12. The van der Waals surface area contributed by atoms with Gasteiger partial charge < -0.3 is 16.0 Å². The van der Waals surface area contributed by atoms with Crippen molar-refractivity contribution in [2.45, 2.75) is 13.0 Å². The molecule has 0 aliphatic carbocycles. The summed E-state index contributed by atoms with van der Waals surface area (Å²) in [4.78, 5) is 42.9. The molecular weight excluding hydrogens is 394 g/mol. The number of nitrogens with two attached hydrogens (primary N) is 1. The van der Waals surface area contributed by atoms with Crippen LogP contribution in [0.1, 0.15) is 16.9 Å². The van der Waals surface area contributed by atoms with E-state index in [9.17, 15) is 14.4 Å². The van der Waals surface area contributed by atoms with Crippen molar-refractivity contribution in [2.24, 2.45) is 5.73 Å². The summed E-state index contributed by atoms with van der Waals surface area (Å²) in [5, 5.41) is 13.2. The van der Waals surface area contributed by atoms with Crippen LogP contribution < -0.4 is 16.6 Å². The molecule has 0 saturated carbocycles. The first-order valence-electron chi connectivity index (χ1n) is 8.58. The number of hydrogen-bond donors (Lipinski definition) is 3. The smallest absolute Gasteiger partial charge is 0.277 e. The zero-order valence-corrected chi connectivity index (χ0v) is 15.8. The third kappa shape index (κ3) is 3.89. The first-order chi connectivity index (χ1) is 14.0. The number of aromatic nitrogens is 5. The van der Waals surface area contributed by atoms with Gasteiger partial charge in [0.15, 0.2) is 5.13 Å². The number of fused-ring (bicyclic) bond motifs is 1. The van der Waals surface area contributed by atoms with E-state index >= 15 is 0 Å². The Morgan fingerprint density at radius 3 is 2.90 bits per heavy atom. The number of aryl methyl sites for hydroxylation is 1. The summed E-state index contributed by atoms with van der Waals surface area (Å²) in [6, 6.07) is 8.49. The van der Waals surface area contributed by atoms with Gasteiger partial charge in [0, 0.05) is 23.6 Å². The lowest BCUT2D eigenvalue weighted by atomic mass is 10.2. The fourth-order valence-electron chi connectivity index (χ4n) is 2.71. The van der Waals surface area contributed by atoms with Crippen molar-refractivity contribution in [1.82, 2.24) is 25.0 Å². The molecule has 0 bridgehead atoms. The molecule has 4 N–H and O–H groups in total. The van der Waals surface area contributed by atoms with Gasteiger partial charge in [0.2, 0.25) is 5.91 Å². The van der Waals surface area contributed by atoms with Gasteiger partial charge in [-0.1, -0.05) is 17.3 Å². The highest BCUT2D eigenvalue weighted by molar-refractivity contribution is 7.14. The molecule has 29 heavy (non-hydrogen) atoms. The van der Waals surface area contributed by atoms with E-state index < -0.39 is 5.91 Å². The van der Waals surface area contributed by atoms with E-state index in [0.29, 0.717) is 27.3 Å². The van der Waals surface area contributed by atoms with Crippen LogP contribution in [0.3, 0.4) is 0 Å². The minimum atomic E-state index is -0.563. The molecule has 0 aliphatic rings. The van der Waals surface area contributed by atoms with Crippen molar-refractivity contribution < 1.29 is 9.59 Å². The van der Waals surface area contributed by atoms with Gasteiger partial charge in [0.05, 0.1) is 17.6 Å². The van der Waals surface area contributed by atoms with Gasteiger partial charge in [-0.15, -0.1) is 16.4 Å². The molecule has 11 heteroatoms. The fraction of sp³-hybridized carbons (Fsp3) is 0.111. The van der Waals surface area contributed by atoms with Crippen LogP contribution in [0, 0.1) is 0 Å². The van der Waals surface area contributed by atoms with Gasteiger partial charge in [-0.05, 0) is 18.2 Å². The predicted molar refractivity (Wildman–Crippen MR) is 107 cm³/mol. The number of aromatic amines is 1. The van der Waals surface area contributed by atoms with E-state index in [1.54, 1.807) is 41.9 Å². The van der Waals surface area contributed by atoms with Crippen LogP contribution in [0.25, 0.3) is 22.2 Å². The zero-order valence-electron chi connectivity index (χ0n) is 15.0. The Balaban J connectivity index is 1.40. The van der Waals surface area contributed by atoms with Crippen LogP contribution in [-0.2, 0) is 11.3 Å². The van der Waals surface area contributed by atoms with Gasteiger partial charge in [-0.3, -0.25) is 14.4 Å². The number of amides is 2. The third-order valence-electron chi connectivity index (χ3n) is 4.17. The van der Waals surface area contributed by atoms with Crippen LogP contribution in [-0.4, -0.2) is 36.8 Å². The van der Waals surface area contributed by atoms with E-state index in [0.717, 1.165) is 0 Å². The maximum atomic E-state index is 12.4. The largest absolute Gasteiger partial charge is 0.364 e. The molecule has 4 aromatic rings. The van der Waals surface area contributed by atoms with Crippen molar-refractivity contribution in [3.05, 3.63) is 58.0 Å². The highest BCUT2D eigenvalue weighted by atomic mass is 32.1. The lowest BCUT2D eigenvalue weighted by molar-refractivity contribution is -0.116. The number of carbonyl (C=O) groups is 2. The molecule has 3 heterocycles. The molecule has 0 saturated heterocycles. The first-order valence-corrected chi connectivity index (χ1v) is 9.46. The molecule has 0 spiro atoms. The number of hydrogen-bond acceptors (Lipinski definition) is 7. The van der Waals surface area contributed by atoms with E-state index in [-0.39, 0.29) is 30.1 Å². The number of anilines is 1. The van der Waals surface area contributed by atoms with Gasteiger partial charge in [-0.25, -0.2) is 9.67 Å². The molecule has 4 rings (SSSR count). The van der Waals surface area contributed by atoms with Crippen molar-refractivity contribution in [1.29, 1.82) is 0 Å². The lowest BCUT2D eigenvalue weighted by Crippen LogP contribution is -2.26. The number of nitrogens with one attached hydrogen (secondary N) is 2. The van der Waals surface area contributed by atoms with Gasteiger partial charge in [0.25, 0.3) is 11.5 Å². The van der Waals surface area contributed by atoms with Crippen LogP contribution in [0.4, 0.5) is 5.13 Å². The van der Waals surface area contributed by atoms with E-state index in [1.165, 1.54) is 16.0 Å². The van der Waals surface area contributed by atoms with E-state index in [2.05, 4.69) is 25.6 Å². The summed E-state index contributed by atoms with van der Waals surface area (Å²) < 4.78 is 1.17. The van der Waals surface area contributed by atoms with Crippen LogP contribution in [0.2, 0.25) is 0 Å². The molecule has 0 atom stereocenters. The van der Waals surface area contributed by atoms with Gasteiger partial charge in [0.1, 0.15) is 11.2 Å². The number of rotatable bonds is 6. The summed E-state index contributed by atoms with van der Waals surface area (Å²) >= 11 is 1.25. The quantitative estimate of drug-likeness (QED) is 0.438. The summed E-state index contributed by atoms with van der Waals surface area (Å²) in [5.74, 6) is -0.869. The van der Waals surface area contributed by atoms with Crippen molar-refractivity contribution in [3.8, 4) is 11.3 Å². The summed E-state index contributed by atoms with van der Waals surface area (Å²) in [6.45, 7) is 0.0977. The Labute approximate surface area is 167 Å². The lowest BCUT2D eigenvalue weighted by Gasteiger charge is -2.04. The highest BCUT2D eigenvalue weighted by Crippen LogP contribution is 2.25. The van der Waals surface area contributed by atoms with Crippen LogP contribution in [0.5, 0.6) is 0 Å². The Morgan fingerprint density at radius 2 is 2.10 bits per heavy atom. The van der Waals surface area contributed by atoms with Crippen LogP contribution >= 0.6 is 11.3 Å². The molecule has 3 aromatic heterocycles. The Morgan fingerprint density at radius 1 is 1.28 bits per heavy atom. The maximum Gasteiger partial charge on any atom is 0.277 e. The molecule has 10 nitrogen and oxygen atoms in total. The van der Waals surface area contributed by atoms with E-state index in [1.807, 2.05) is 0 Å². The Kier molecular flexibility index (Phi) is 4.87. The number of nitrogens with zero attached hydrogens (tertiary/aromatic N) is 4. The van der Waals surface area contributed by atoms with Gasteiger partial charge >= 0.3 is 0 Å². The van der Waals surface area contributed by atoms with Crippen molar-refractivity contribution in [2.75, 3.05) is 5.32 Å². The molecule has 146 valence electrons. The maximum absolute atomic E-state index is 12.4. The molecule has 2 amide bonds. The normalized spacial score (nSPS) is 10.9. The topological polar surface area (TPSA) is 149 Å². The molecular formula is C18H15N7O3S. The number of benzene rings is 1. The standard InChI is InChI=1S/C18H15N7O3S/c19-16(27)13-7-10(8-20-13)14-9-29-18(21-14)22-15(26)5-6-25-17(28)11-3-1-2-4-12(11)23-24-25/h1-4,7-9,20H,5-6H2,(H2,19,27)(H,21,22,26). The monoisotopic (exact) mass is 409 g/mol. The second kappa shape index (κ2) is 7.64. The molecule has 0 aliphatic heterocycles. The predicted octanol–water partition coefficient (Wildman–Crippen LogP) is 1.37. The summed E-state index contributed by atoms with van der Waals surface area (Å²) in [5.41, 5.74) is 7.01. The molecule has 1 aromatic carbocycles. The summed E-state index contributed by atoms with van der Waals surface area (Å²) in [6.07, 6.45) is 1.66.